The van der Waals surface area contributed by atoms with Gasteiger partial charge < -0.3 is 9.47 Å². The van der Waals surface area contributed by atoms with E-state index in [0.717, 1.165) is 17.0 Å². The molecule has 10 heteroatoms. The fourth-order valence-corrected chi connectivity index (χ4v) is 5.52. The maximum Gasteiger partial charge on any atom is 0.266 e. The summed E-state index contributed by atoms with van der Waals surface area (Å²) in [5.74, 6) is 0.924. The SMILES string of the molecule is CCN1C(=O)/C(=C\c2cc(Cl)c(OCc3ccc(Cl)cc3Cl)c(Cl)c2)SC1=Nc1ccc(OC)cc1. The molecule has 0 radical (unpaired) electrons. The van der Waals surface area contributed by atoms with E-state index in [1.165, 1.54) is 11.8 Å². The van der Waals surface area contributed by atoms with E-state index in [0.29, 0.717) is 48.0 Å². The summed E-state index contributed by atoms with van der Waals surface area (Å²) in [6.07, 6.45) is 1.74. The van der Waals surface area contributed by atoms with Gasteiger partial charge in [-0.25, -0.2) is 4.99 Å². The van der Waals surface area contributed by atoms with Gasteiger partial charge in [0.05, 0.1) is 27.7 Å². The van der Waals surface area contributed by atoms with Gasteiger partial charge in [0.2, 0.25) is 0 Å². The van der Waals surface area contributed by atoms with Gasteiger partial charge in [-0.3, -0.25) is 9.69 Å². The molecular formula is C26H20Cl4N2O3S. The molecule has 3 aromatic rings. The van der Waals surface area contributed by atoms with Gasteiger partial charge in [-0.2, -0.15) is 0 Å². The Labute approximate surface area is 233 Å². The first-order valence-corrected chi connectivity index (χ1v) is 13.1. The van der Waals surface area contributed by atoms with Gasteiger partial charge in [0, 0.05) is 22.2 Å². The minimum atomic E-state index is -0.139. The molecule has 0 aliphatic carbocycles. The number of ether oxygens (including phenoxy) is 2. The molecular weight excluding hydrogens is 562 g/mol. The zero-order chi connectivity index (χ0) is 25.8. The number of carbonyl (C=O) groups excluding carboxylic acids is 1. The van der Waals surface area contributed by atoms with E-state index in [-0.39, 0.29) is 12.5 Å². The van der Waals surface area contributed by atoms with Crippen molar-refractivity contribution in [2.24, 2.45) is 4.99 Å². The molecule has 0 bridgehead atoms. The molecule has 0 N–H and O–H groups in total. The Balaban J connectivity index is 1.55. The molecule has 0 saturated carbocycles. The summed E-state index contributed by atoms with van der Waals surface area (Å²) in [5, 5.41) is 2.25. The molecule has 1 aliphatic rings. The van der Waals surface area contributed by atoms with Gasteiger partial charge in [0.1, 0.15) is 12.4 Å². The van der Waals surface area contributed by atoms with Gasteiger partial charge in [-0.15, -0.1) is 0 Å². The highest BCUT2D eigenvalue weighted by atomic mass is 35.5. The maximum atomic E-state index is 13.0. The first kappa shape index (κ1) is 26.7. The van der Waals surface area contributed by atoms with E-state index in [4.69, 9.17) is 55.9 Å². The molecule has 3 aromatic carbocycles. The minimum absolute atomic E-state index is 0.139. The lowest BCUT2D eigenvalue weighted by atomic mass is 10.2. The quantitative estimate of drug-likeness (QED) is 0.262. The van der Waals surface area contributed by atoms with E-state index in [1.54, 1.807) is 48.4 Å². The summed E-state index contributed by atoms with van der Waals surface area (Å²) in [4.78, 5) is 19.8. The monoisotopic (exact) mass is 580 g/mol. The zero-order valence-corrected chi connectivity index (χ0v) is 23.1. The van der Waals surface area contributed by atoms with Crippen molar-refractivity contribution in [2.75, 3.05) is 13.7 Å². The molecule has 4 rings (SSSR count). The Morgan fingerprint density at radius 1 is 0.972 bits per heavy atom. The first-order chi connectivity index (χ1) is 17.3. The lowest BCUT2D eigenvalue weighted by molar-refractivity contribution is -0.122. The number of halogens is 4. The molecule has 1 saturated heterocycles. The Hall–Kier alpha value is -2.35. The van der Waals surface area contributed by atoms with Crippen molar-refractivity contribution < 1.29 is 14.3 Å². The number of thioether (sulfide) groups is 1. The van der Waals surface area contributed by atoms with Crippen LogP contribution in [0.25, 0.3) is 6.08 Å². The minimum Gasteiger partial charge on any atom is -0.497 e. The summed E-state index contributed by atoms with van der Waals surface area (Å²) in [5.41, 5.74) is 2.13. The molecule has 0 atom stereocenters. The number of benzene rings is 3. The number of amides is 1. The summed E-state index contributed by atoms with van der Waals surface area (Å²) < 4.78 is 11.0. The van der Waals surface area contributed by atoms with Crippen LogP contribution >= 0.6 is 58.2 Å². The third kappa shape index (κ3) is 6.13. The largest absolute Gasteiger partial charge is 0.497 e. The fourth-order valence-electron chi connectivity index (χ4n) is 3.38. The van der Waals surface area contributed by atoms with Crippen LogP contribution in [0.4, 0.5) is 5.69 Å². The third-order valence-electron chi connectivity index (χ3n) is 5.21. The van der Waals surface area contributed by atoms with Crippen molar-refractivity contribution in [2.45, 2.75) is 13.5 Å². The number of rotatable bonds is 7. The first-order valence-electron chi connectivity index (χ1n) is 10.8. The summed E-state index contributed by atoms with van der Waals surface area (Å²) in [6.45, 7) is 2.55. The molecule has 186 valence electrons. The number of carbonyl (C=O) groups is 1. The van der Waals surface area contributed by atoms with Crippen molar-refractivity contribution >= 4 is 81.0 Å². The molecule has 0 spiro atoms. The highest BCUT2D eigenvalue weighted by molar-refractivity contribution is 8.18. The Kier molecular flexibility index (Phi) is 8.75. The summed E-state index contributed by atoms with van der Waals surface area (Å²) in [6, 6.07) is 15.9. The van der Waals surface area contributed by atoms with Gasteiger partial charge >= 0.3 is 0 Å². The van der Waals surface area contributed by atoms with Crippen LogP contribution in [-0.4, -0.2) is 29.6 Å². The molecule has 0 unspecified atom stereocenters. The Bertz CT molecular complexity index is 1340. The smallest absolute Gasteiger partial charge is 0.266 e. The lowest BCUT2D eigenvalue weighted by Gasteiger charge is -2.12. The highest BCUT2D eigenvalue weighted by Gasteiger charge is 2.32. The molecule has 0 aromatic heterocycles. The van der Waals surface area contributed by atoms with Crippen LogP contribution in [0.15, 0.2) is 64.5 Å². The van der Waals surface area contributed by atoms with Crippen molar-refractivity contribution in [3.8, 4) is 11.5 Å². The van der Waals surface area contributed by atoms with Gasteiger partial charge in [-0.05, 0) is 78.9 Å². The molecule has 1 aliphatic heterocycles. The van der Waals surface area contributed by atoms with Crippen molar-refractivity contribution in [1.82, 2.24) is 4.90 Å². The Morgan fingerprint density at radius 3 is 2.28 bits per heavy atom. The topological polar surface area (TPSA) is 51.1 Å². The van der Waals surface area contributed by atoms with E-state index >= 15 is 0 Å². The van der Waals surface area contributed by atoms with Gasteiger partial charge in [0.25, 0.3) is 5.91 Å². The average molecular weight is 582 g/mol. The van der Waals surface area contributed by atoms with Crippen molar-refractivity contribution in [3.63, 3.8) is 0 Å². The predicted octanol–water partition coefficient (Wildman–Crippen LogP) is 8.51. The molecule has 1 heterocycles. The van der Waals surface area contributed by atoms with E-state index in [1.807, 2.05) is 31.2 Å². The van der Waals surface area contributed by atoms with Crippen LogP contribution in [0.5, 0.6) is 11.5 Å². The number of hydrogen-bond donors (Lipinski definition) is 0. The van der Waals surface area contributed by atoms with Gasteiger partial charge in [-0.1, -0.05) is 52.5 Å². The van der Waals surface area contributed by atoms with E-state index in [9.17, 15) is 4.79 Å². The molecule has 1 fully saturated rings. The summed E-state index contributed by atoms with van der Waals surface area (Å²) >= 11 is 26.4. The zero-order valence-electron chi connectivity index (χ0n) is 19.2. The van der Waals surface area contributed by atoms with Crippen LogP contribution in [0.1, 0.15) is 18.1 Å². The van der Waals surface area contributed by atoms with Crippen LogP contribution in [0, 0.1) is 0 Å². The highest BCUT2D eigenvalue weighted by Crippen LogP contribution is 2.38. The number of likely N-dealkylation sites (N-methyl/N-ethyl adjacent to an activating group) is 1. The van der Waals surface area contributed by atoms with Crippen LogP contribution in [-0.2, 0) is 11.4 Å². The number of hydrogen-bond acceptors (Lipinski definition) is 5. The second-order valence-electron chi connectivity index (χ2n) is 7.59. The number of nitrogens with zero attached hydrogens (tertiary/aromatic N) is 2. The normalized spacial score (nSPS) is 15.7. The fraction of sp³-hybridized carbons (Fsp3) is 0.154. The summed E-state index contributed by atoms with van der Waals surface area (Å²) in [7, 11) is 1.61. The van der Waals surface area contributed by atoms with Crippen molar-refractivity contribution in [3.05, 3.63) is 90.7 Å². The van der Waals surface area contributed by atoms with Crippen LogP contribution < -0.4 is 9.47 Å². The lowest BCUT2D eigenvalue weighted by Crippen LogP contribution is -2.28. The van der Waals surface area contributed by atoms with E-state index < -0.39 is 0 Å². The third-order valence-corrected chi connectivity index (χ3v) is 7.36. The number of methoxy groups -OCH3 is 1. The average Bonchev–Trinajstić information content (AvgIpc) is 3.13. The van der Waals surface area contributed by atoms with Crippen LogP contribution in [0.2, 0.25) is 20.1 Å². The Morgan fingerprint density at radius 2 is 1.67 bits per heavy atom. The van der Waals surface area contributed by atoms with Crippen molar-refractivity contribution in [1.29, 1.82) is 0 Å². The second kappa shape index (κ2) is 11.8. The molecule has 1 amide bonds. The second-order valence-corrected chi connectivity index (χ2v) is 10.3. The van der Waals surface area contributed by atoms with E-state index in [2.05, 4.69) is 4.99 Å². The predicted molar refractivity (Wildman–Crippen MR) is 150 cm³/mol. The number of aliphatic imine (C=N–C) groups is 1. The molecule has 5 nitrogen and oxygen atoms in total. The van der Waals surface area contributed by atoms with Gasteiger partial charge in [0.15, 0.2) is 10.9 Å². The van der Waals surface area contributed by atoms with Crippen LogP contribution in [0.3, 0.4) is 0 Å². The molecule has 36 heavy (non-hydrogen) atoms. The number of amidine groups is 1. The maximum absolute atomic E-state index is 13.0. The standard InChI is InChI=1S/C26H20Cl4N2O3S/c1-3-32-25(33)23(36-26(32)31-18-6-8-19(34-2)9-7-18)12-15-10-21(29)24(22(30)11-15)35-14-16-4-5-17(27)13-20(16)28/h4-13H,3,14H2,1-2H3/b23-12+,31-26?.